The van der Waals surface area contributed by atoms with E-state index in [0.717, 1.165) is 77.2 Å². The Morgan fingerprint density at radius 1 is 1.20 bits per heavy atom. The summed E-state index contributed by atoms with van der Waals surface area (Å²) < 4.78 is 11.8. The smallest absolute Gasteiger partial charge is 0.227 e. The van der Waals surface area contributed by atoms with E-state index in [0.29, 0.717) is 12.5 Å². The van der Waals surface area contributed by atoms with E-state index in [4.69, 9.17) is 9.47 Å². The summed E-state index contributed by atoms with van der Waals surface area (Å²) >= 11 is 1.66. The Morgan fingerprint density at radius 3 is 2.72 bits per heavy atom. The lowest BCUT2D eigenvalue weighted by Gasteiger charge is -2.49. The maximum Gasteiger partial charge on any atom is 0.227 e. The number of likely N-dealkylation sites (tertiary alicyclic amines) is 1. The van der Waals surface area contributed by atoms with E-state index in [1.165, 1.54) is 0 Å². The molecule has 3 aliphatic rings. The monoisotopic (exact) mass is 364 g/mol. The van der Waals surface area contributed by atoms with Gasteiger partial charge in [0.15, 0.2) is 0 Å². The lowest BCUT2D eigenvalue weighted by molar-refractivity contribution is -0.151. The molecular formula is C19H28N2O3S. The molecule has 5 nitrogen and oxygen atoms in total. The summed E-state index contributed by atoms with van der Waals surface area (Å²) in [6.45, 7) is 6.32. The van der Waals surface area contributed by atoms with Gasteiger partial charge in [-0.1, -0.05) is 0 Å². The van der Waals surface area contributed by atoms with Crippen LogP contribution in [0.15, 0.2) is 16.8 Å². The summed E-state index contributed by atoms with van der Waals surface area (Å²) in [5, 5.41) is 4.11. The van der Waals surface area contributed by atoms with E-state index in [1.54, 1.807) is 11.3 Å². The van der Waals surface area contributed by atoms with Gasteiger partial charge in [-0.2, -0.15) is 11.3 Å². The number of nitrogens with zero attached hydrogens (tertiary/aromatic N) is 2. The topological polar surface area (TPSA) is 42.0 Å². The fourth-order valence-corrected chi connectivity index (χ4v) is 5.12. The molecular weight excluding hydrogens is 336 g/mol. The van der Waals surface area contributed by atoms with Crippen molar-refractivity contribution in [2.45, 2.75) is 43.7 Å². The van der Waals surface area contributed by atoms with Gasteiger partial charge >= 0.3 is 0 Å². The largest absolute Gasteiger partial charge is 0.379 e. The van der Waals surface area contributed by atoms with Crippen LogP contribution in [0.5, 0.6) is 0 Å². The Hall–Kier alpha value is -0.950. The Balaban J connectivity index is 1.31. The van der Waals surface area contributed by atoms with Gasteiger partial charge in [-0.25, -0.2) is 0 Å². The van der Waals surface area contributed by atoms with E-state index in [-0.39, 0.29) is 11.5 Å². The van der Waals surface area contributed by atoms with Crippen LogP contribution in [0.1, 0.15) is 31.2 Å². The first-order valence-electron chi connectivity index (χ1n) is 9.49. The Morgan fingerprint density at radius 2 is 2.00 bits per heavy atom. The Bertz CT molecular complexity index is 563. The molecule has 0 bridgehead atoms. The van der Waals surface area contributed by atoms with E-state index >= 15 is 0 Å². The van der Waals surface area contributed by atoms with Gasteiger partial charge in [0.25, 0.3) is 0 Å². The minimum Gasteiger partial charge on any atom is -0.379 e. The summed E-state index contributed by atoms with van der Waals surface area (Å²) in [5.74, 6) is 0.258. The van der Waals surface area contributed by atoms with Crippen molar-refractivity contribution >= 4 is 17.2 Å². The van der Waals surface area contributed by atoms with Crippen molar-refractivity contribution < 1.29 is 14.3 Å². The number of rotatable bonds is 3. The molecule has 0 radical (unpaired) electrons. The molecule has 1 spiro atoms. The van der Waals surface area contributed by atoms with Gasteiger partial charge in [0.05, 0.1) is 25.2 Å². The highest BCUT2D eigenvalue weighted by molar-refractivity contribution is 7.07. The summed E-state index contributed by atoms with van der Waals surface area (Å²) in [6, 6.07) is 2.66. The number of morpholine rings is 1. The van der Waals surface area contributed by atoms with Crippen LogP contribution in [0.25, 0.3) is 0 Å². The van der Waals surface area contributed by atoms with E-state index in [9.17, 15) is 4.79 Å². The lowest BCUT2D eigenvalue weighted by Crippen LogP contribution is -2.56. The van der Waals surface area contributed by atoms with Crippen molar-refractivity contribution in [2.75, 3.05) is 46.0 Å². The maximum atomic E-state index is 12.5. The Labute approximate surface area is 153 Å². The number of hydrogen-bond donors (Lipinski definition) is 0. The van der Waals surface area contributed by atoms with Crippen molar-refractivity contribution in [3.8, 4) is 0 Å². The summed E-state index contributed by atoms with van der Waals surface area (Å²) in [6.07, 6.45) is 4.72. The maximum absolute atomic E-state index is 12.5. The van der Waals surface area contributed by atoms with Crippen molar-refractivity contribution in [3.63, 3.8) is 0 Å². The molecule has 1 aromatic rings. The first-order valence-corrected chi connectivity index (χ1v) is 10.4. The second kappa shape index (κ2) is 7.74. The SMILES string of the molecule is O=C(Cc1ccsc1)N1CCC2(CC1)CC(N1CCOCC1)CCO2. The predicted octanol–water partition coefficient (Wildman–Crippen LogP) is 2.16. The van der Waals surface area contributed by atoms with Gasteiger partial charge in [0.1, 0.15) is 0 Å². The van der Waals surface area contributed by atoms with Gasteiger partial charge in [0.2, 0.25) is 5.91 Å². The van der Waals surface area contributed by atoms with Gasteiger partial charge in [-0.3, -0.25) is 9.69 Å². The molecule has 0 N–H and O–H groups in total. The number of thiophene rings is 1. The van der Waals surface area contributed by atoms with Crippen LogP contribution in [-0.2, 0) is 20.7 Å². The predicted molar refractivity (Wildman–Crippen MR) is 97.9 cm³/mol. The Kier molecular flexibility index (Phi) is 5.41. The molecule has 25 heavy (non-hydrogen) atoms. The number of hydrogen-bond acceptors (Lipinski definition) is 5. The van der Waals surface area contributed by atoms with E-state index in [1.807, 2.05) is 16.3 Å². The summed E-state index contributed by atoms with van der Waals surface area (Å²) in [4.78, 5) is 17.1. The molecule has 1 amide bonds. The van der Waals surface area contributed by atoms with Crippen LogP contribution < -0.4 is 0 Å². The molecule has 1 aromatic heterocycles. The highest BCUT2D eigenvalue weighted by Crippen LogP contribution is 2.37. The average molecular weight is 365 g/mol. The van der Waals surface area contributed by atoms with Gasteiger partial charge < -0.3 is 14.4 Å². The fraction of sp³-hybridized carbons (Fsp3) is 0.737. The third-order valence-electron chi connectivity index (χ3n) is 5.99. The number of amides is 1. The highest BCUT2D eigenvalue weighted by Gasteiger charge is 2.42. The molecule has 4 heterocycles. The molecule has 0 aromatic carbocycles. The molecule has 6 heteroatoms. The second-order valence-electron chi connectivity index (χ2n) is 7.52. The van der Waals surface area contributed by atoms with Crippen LogP contribution in [-0.4, -0.2) is 73.3 Å². The molecule has 0 saturated carbocycles. The van der Waals surface area contributed by atoms with Crippen LogP contribution in [0.3, 0.4) is 0 Å². The molecule has 0 aliphatic carbocycles. The van der Waals surface area contributed by atoms with Gasteiger partial charge in [0, 0.05) is 38.8 Å². The van der Waals surface area contributed by atoms with Crippen molar-refractivity contribution in [2.24, 2.45) is 0 Å². The standard InChI is InChI=1S/C19H28N2O3S/c22-18(13-16-2-12-25-15-16)21-5-3-19(4-6-21)14-17(1-9-24-19)20-7-10-23-11-8-20/h2,12,15,17H,1,3-11,13-14H2. The lowest BCUT2D eigenvalue weighted by atomic mass is 9.81. The second-order valence-corrected chi connectivity index (χ2v) is 8.30. The zero-order chi connectivity index (χ0) is 17.1. The quantitative estimate of drug-likeness (QED) is 0.824. The third kappa shape index (κ3) is 4.08. The van der Waals surface area contributed by atoms with Crippen molar-refractivity contribution in [3.05, 3.63) is 22.4 Å². The molecule has 1 atom stereocenters. The molecule has 1 unspecified atom stereocenters. The van der Waals surface area contributed by atoms with Crippen LogP contribution in [0.2, 0.25) is 0 Å². The van der Waals surface area contributed by atoms with Crippen molar-refractivity contribution in [1.29, 1.82) is 0 Å². The number of carbonyl (C=O) groups is 1. The third-order valence-corrected chi connectivity index (χ3v) is 6.72. The van der Waals surface area contributed by atoms with Crippen LogP contribution in [0, 0.1) is 0 Å². The van der Waals surface area contributed by atoms with Crippen LogP contribution in [0.4, 0.5) is 0 Å². The number of ether oxygens (including phenoxy) is 2. The fourth-order valence-electron chi connectivity index (χ4n) is 4.45. The minimum absolute atomic E-state index is 0.0135. The molecule has 4 rings (SSSR count). The normalized spacial score (nSPS) is 27.5. The van der Waals surface area contributed by atoms with Gasteiger partial charge in [-0.15, -0.1) is 0 Å². The zero-order valence-electron chi connectivity index (χ0n) is 14.8. The summed E-state index contributed by atoms with van der Waals surface area (Å²) in [5.41, 5.74) is 1.12. The number of carbonyl (C=O) groups excluding carboxylic acids is 1. The molecule has 3 saturated heterocycles. The van der Waals surface area contributed by atoms with Gasteiger partial charge in [-0.05, 0) is 48.1 Å². The molecule has 138 valence electrons. The average Bonchev–Trinajstić information content (AvgIpc) is 3.16. The molecule has 3 fully saturated rings. The van der Waals surface area contributed by atoms with E-state index < -0.39 is 0 Å². The minimum atomic E-state index is -0.0135. The number of piperidine rings is 1. The summed E-state index contributed by atoms with van der Waals surface area (Å²) in [7, 11) is 0. The van der Waals surface area contributed by atoms with Crippen molar-refractivity contribution in [1.82, 2.24) is 9.80 Å². The molecule has 3 aliphatic heterocycles. The first-order chi connectivity index (χ1) is 12.2. The first kappa shape index (κ1) is 17.5. The van der Waals surface area contributed by atoms with E-state index in [2.05, 4.69) is 10.3 Å². The van der Waals surface area contributed by atoms with Crippen LogP contribution >= 0.6 is 11.3 Å². The highest BCUT2D eigenvalue weighted by atomic mass is 32.1. The zero-order valence-corrected chi connectivity index (χ0v) is 15.6.